The van der Waals surface area contributed by atoms with E-state index in [0.29, 0.717) is 0 Å². The van der Waals surface area contributed by atoms with E-state index in [1.807, 2.05) is 0 Å². The molecular formula is C7H16ClNO5. The van der Waals surface area contributed by atoms with Gasteiger partial charge in [-0.05, 0) is 0 Å². The Labute approximate surface area is 87.7 Å². The SMILES string of the molecule is Cl.NC[C@H]1O[C@H]([C@H](O)CO)[C@H](O)[C@@H]1O. The van der Waals surface area contributed by atoms with Crippen LogP contribution in [-0.4, -0.2) is 64.1 Å². The zero-order valence-corrected chi connectivity index (χ0v) is 8.30. The molecule has 1 fully saturated rings. The van der Waals surface area contributed by atoms with E-state index in [9.17, 15) is 15.3 Å². The maximum absolute atomic E-state index is 9.36. The number of nitrogens with two attached hydrogens (primary N) is 1. The molecule has 0 radical (unpaired) electrons. The van der Waals surface area contributed by atoms with E-state index in [1.165, 1.54) is 0 Å². The van der Waals surface area contributed by atoms with Crippen LogP contribution in [0.4, 0.5) is 0 Å². The smallest absolute Gasteiger partial charge is 0.115 e. The van der Waals surface area contributed by atoms with E-state index in [1.54, 1.807) is 0 Å². The van der Waals surface area contributed by atoms with Crippen molar-refractivity contribution in [1.29, 1.82) is 0 Å². The number of hydrogen-bond donors (Lipinski definition) is 5. The Morgan fingerprint density at radius 2 is 1.86 bits per heavy atom. The predicted octanol–water partition coefficient (Wildman–Crippen LogP) is -2.79. The van der Waals surface area contributed by atoms with Gasteiger partial charge in [-0.25, -0.2) is 0 Å². The van der Waals surface area contributed by atoms with Crippen molar-refractivity contribution in [2.24, 2.45) is 5.73 Å². The van der Waals surface area contributed by atoms with Crippen LogP contribution in [0.15, 0.2) is 0 Å². The quantitative estimate of drug-likeness (QED) is 0.357. The summed E-state index contributed by atoms with van der Waals surface area (Å²) < 4.78 is 5.05. The minimum Gasteiger partial charge on any atom is -0.394 e. The van der Waals surface area contributed by atoms with Gasteiger partial charge >= 0.3 is 0 Å². The summed E-state index contributed by atoms with van der Waals surface area (Å²) in [5, 5.41) is 36.5. The van der Waals surface area contributed by atoms with Gasteiger partial charge in [-0.1, -0.05) is 0 Å². The van der Waals surface area contributed by atoms with E-state index in [4.69, 9.17) is 15.6 Å². The Hall–Kier alpha value is 0.0500. The van der Waals surface area contributed by atoms with E-state index in [-0.39, 0.29) is 19.0 Å². The summed E-state index contributed by atoms with van der Waals surface area (Å²) >= 11 is 0. The lowest BCUT2D eigenvalue weighted by Gasteiger charge is -2.18. The second-order valence-electron chi connectivity index (χ2n) is 3.11. The highest BCUT2D eigenvalue weighted by atomic mass is 35.5. The normalized spacial score (nSPS) is 39.2. The average Bonchev–Trinajstić information content (AvgIpc) is 2.43. The number of halogens is 1. The lowest BCUT2D eigenvalue weighted by Crippen LogP contribution is -2.40. The van der Waals surface area contributed by atoms with E-state index >= 15 is 0 Å². The van der Waals surface area contributed by atoms with Crippen LogP contribution in [0.25, 0.3) is 0 Å². The minimum atomic E-state index is -1.20. The molecule has 6 nitrogen and oxygen atoms in total. The molecule has 0 saturated carbocycles. The molecule has 0 aromatic heterocycles. The third kappa shape index (κ3) is 2.54. The van der Waals surface area contributed by atoms with Gasteiger partial charge < -0.3 is 30.9 Å². The largest absolute Gasteiger partial charge is 0.394 e. The molecule has 1 aliphatic heterocycles. The first-order chi connectivity index (χ1) is 6.11. The van der Waals surface area contributed by atoms with Gasteiger partial charge in [0.25, 0.3) is 0 Å². The molecular weight excluding hydrogens is 214 g/mol. The number of rotatable bonds is 3. The fourth-order valence-corrected chi connectivity index (χ4v) is 1.39. The number of hydrogen-bond acceptors (Lipinski definition) is 6. The Kier molecular flexibility index (Phi) is 5.84. The summed E-state index contributed by atoms with van der Waals surface area (Å²) in [5.74, 6) is 0. The van der Waals surface area contributed by atoms with Crippen molar-refractivity contribution in [1.82, 2.24) is 0 Å². The van der Waals surface area contributed by atoms with E-state index in [0.717, 1.165) is 0 Å². The van der Waals surface area contributed by atoms with Crippen LogP contribution >= 0.6 is 12.4 Å². The zero-order chi connectivity index (χ0) is 10.0. The second-order valence-corrected chi connectivity index (χ2v) is 3.11. The summed E-state index contributed by atoms with van der Waals surface area (Å²) in [6.45, 7) is -0.460. The minimum absolute atomic E-state index is 0. The third-order valence-corrected chi connectivity index (χ3v) is 2.20. The maximum Gasteiger partial charge on any atom is 0.115 e. The van der Waals surface area contributed by atoms with Crippen LogP contribution in [-0.2, 0) is 4.74 Å². The van der Waals surface area contributed by atoms with Crippen LogP contribution in [0.3, 0.4) is 0 Å². The van der Waals surface area contributed by atoms with Crippen molar-refractivity contribution in [2.75, 3.05) is 13.2 Å². The Morgan fingerprint density at radius 3 is 2.21 bits per heavy atom. The number of aliphatic hydroxyl groups excluding tert-OH is 4. The molecule has 86 valence electrons. The fraction of sp³-hybridized carbons (Fsp3) is 1.00. The summed E-state index contributed by atoms with van der Waals surface area (Å²) in [4.78, 5) is 0. The van der Waals surface area contributed by atoms with Gasteiger partial charge in [-0.3, -0.25) is 0 Å². The Morgan fingerprint density at radius 1 is 1.29 bits per heavy atom. The van der Waals surface area contributed by atoms with Crippen LogP contribution in [0, 0.1) is 0 Å². The van der Waals surface area contributed by atoms with Gasteiger partial charge in [0, 0.05) is 6.54 Å². The molecule has 6 N–H and O–H groups in total. The first-order valence-electron chi connectivity index (χ1n) is 4.12. The summed E-state index contributed by atoms with van der Waals surface area (Å²) in [7, 11) is 0. The highest BCUT2D eigenvalue weighted by molar-refractivity contribution is 5.85. The van der Waals surface area contributed by atoms with Crippen LogP contribution < -0.4 is 5.73 Å². The topological polar surface area (TPSA) is 116 Å². The molecule has 14 heavy (non-hydrogen) atoms. The molecule has 1 aliphatic rings. The van der Waals surface area contributed by atoms with E-state index in [2.05, 4.69) is 0 Å². The standard InChI is InChI=1S/C7H15NO5.ClH/c8-1-4-5(11)6(12)7(13-4)3(10)2-9;/h3-7,9-12H,1-2,8H2;1H/t3-,4-,5-,6-,7-;/m1./s1. The average molecular weight is 230 g/mol. The first-order valence-corrected chi connectivity index (χ1v) is 4.12. The molecule has 1 saturated heterocycles. The van der Waals surface area contributed by atoms with Crippen molar-refractivity contribution < 1.29 is 25.2 Å². The van der Waals surface area contributed by atoms with Crippen LogP contribution in [0.2, 0.25) is 0 Å². The summed E-state index contributed by atoms with van der Waals surface area (Å²) in [6.07, 6.45) is -5.14. The van der Waals surface area contributed by atoms with Gasteiger partial charge in [0.2, 0.25) is 0 Å². The van der Waals surface area contributed by atoms with Crippen molar-refractivity contribution in [3.8, 4) is 0 Å². The molecule has 0 amide bonds. The van der Waals surface area contributed by atoms with Gasteiger partial charge in [0.1, 0.15) is 24.4 Å². The van der Waals surface area contributed by atoms with Crippen molar-refractivity contribution in [3.63, 3.8) is 0 Å². The maximum atomic E-state index is 9.36. The molecule has 0 unspecified atom stereocenters. The Balaban J connectivity index is 0.00000169. The van der Waals surface area contributed by atoms with Crippen molar-refractivity contribution in [3.05, 3.63) is 0 Å². The van der Waals surface area contributed by atoms with E-state index < -0.39 is 37.1 Å². The second kappa shape index (κ2) is 5.82. The van der Waals surface area contributed by atoms with Gasteiger partial charge in [-0.2, -0.15) is 0 Å². The molecule has 0 aromatic rings. The molecule has 0 aliphatic carbocycles. The lowest BCUT2D eigenvalue weighted by atomic mass is 10.0. The molecule has 7 heteroatoms. The Bertz CT molecular complexity index is 172. The first kappa shape index (κ1) is 14.1. The van der Waals surface area contributed by atoms with Gasteiger partial charge in [-0.15, -0.1) is 12.4 Å². The van der Waals surface area contributed by atoms with Gasteiger partial charge in [0.05, 0.1) is 12.7 Å². The highest BCUT2D eigenvalue weighted by Crippen LogP contribution is 2.22. The molecule has 5 atom stereocenters. The fourth-order valence-electron chi connectivity index (χ4n) is 1.39. The third-order valence-electron chi connectivity index (χ3n) is 2.20. The molecule has 0 bridgehead atoms. The van der Waals surface area contributed by atoms with Crippen LogP contribution in [0.1, 0.15) is 0 Å². The number of aliphatic hydroxyl groups is 4. The summed E-state index contributed by atoms with van der Waals surface area (Å²) in [5.41, 5.74) is 5.25. The monoisotopic (exact) mass is 229 g/mol. The van der Waals surface area contributed by atoms with Crippen LogP contribution in [0.5, 0.6) is 0 Å². The van der Waals surface area contributed by atoms with Crippen molar-refractivity contribution >= 4 is 12.4 Å². The van der Waals surface area contributed by atoms with Gasteiger partial charge in [0.15, 0.2) is 0 Å². The highest BCUT2D eigenvalue weighted by Gasteiger charge is 2.44. The predicted molar refractivity (Wildman–Crippen MR) is 50.1 cm³/mol. The molecule has 1 rings (SSSR count). The zero-order valence-electron chi connectivity index (χ0n) is 7.48. The van der Waals surface area contributed by atoms with Crippen molar-refractivity contribution in [2.45, 2.75) is 30.5 Å². The molecule has 0 spiro atoms. The lowest BCUT2D eigenvalue weighted by molar-refractivity contribution is -0.0798. The summed E-state index contributed by atoms with van der Waals surface area (Å²) in [6, 6.07) is 0. The number of ether oxygens (including phenoxy) is 1. The molecule has 0 aromatic carbocycles. The molecule has 1 heterocycles.